The third-order valence-electron chi connectivity index (χ3n) is 2.57. The van der Waals surface area contributed by atoms with Gasteiger partial charge in [-0.05, 0) is 22.6 Å². The first-order valence-corrected chi connectivity index (χ1v) is 5.94. The number of benzene rings is 1. The maximum atomic E-state index is 11.6. The first kappa shape index (κ1) is 14.0. The summed E-state index contributed by atoms with van der Waals surface area (Å²) in [6.07, 6.45) is 0. The van der Waals surface area contributed by atoms with Crippen molar-refractivity contribution in [1.29, 1.82) is 0 Å². The van der Waals surface area contributed by atoms with E-state index in [0.29, 0.717) is 5.02 Å². The molecule has 0 fully saturated rings. The number of rotatable bonds is 4. The molecule has 1 aromatic carbocycles. The summed E-state index contributed by atoms with van der Waals surface area (Å²) < 4.78 is 5.80. The van der Waals surface area contributed by atoms with Crippen LogP contribution in [0, 0.1) is 10.1 Å². The average molecular weight is 296 g/mol. The molecule has 0 aliphatic carbocycles. The van der Waals surface area contributed by atoms with E-state index in [-0.39, 0.29) is 12.2 Å². The number of methoxy groups -OCH3 is 1. The highest BCUT2D eigenvalue weighted by atomic mass is 35.5. The number of hydrogen-bond donors (Lipinski definition) is 0. The predicted octanol–water partition coefficient (Wildman–Crippen LogP) is 2.28. The number of nitrogens with zero attached hydrogens (tertiary/aromatic N) is 3. The molecular formula is C12H10ClN3O4. The van der Waals surface area contributed by atoms with Gasteiger partial charge in [-0.3, -0.25) is 0 Å². The normalized spacial score (nSPS) is 10.3. The van der Waals surface area contributed by atoms with E-state index in [1.54, 1.807) is 24.3 Å². The number of carbonyl (C=O) groups excluding carboxylic acids is 1. The third-order valence-corrected chi connectivity index (χ3v) is 2.81. The van der Waals surface area contributed by atoms with E-state index in [2.05, 4.69) is 9.84 Å². The molecule has 1 heterocycles. The number of ether oxygens (including phenoxy) is 1. The van der Waals surface area contributed by atoms with Crippen LogP contribution in [0.15, 0.2) is 30.3 Å². The van der Waals surface area contributed by atoms with Gasteiger partial charge >= 0.3 is 11.8 Å². The van der Waals surface area contributed by atoms with Gasteiger partial charge in [0.2, 0.25) is 0 Å². The van der Waals surface area contributed by atoms with Crippen LogP contribution in [0.3, 0.4) is 0 Å². The fourth-order valence-corrected chi connectivity index (χ4v) is 1.90. The Bertz CT molecular complexity index is 668. The lowest BCUT2D eigenvalue weighted by Crippen LogP contribution is -2.12. The Morgan fingerprint density at radius 3 is 2.85 bits per heavy atom. The molecule has 0 aliphatic rings. The molecular weight excluding hydrogens is 286 g/mol. The summed E-state index contributed by atoms with van der Waals surface area (Å²) in [5.41, 5.74) is 0.778. The van der Waals surface area contributed by atoms with Crippen LogP contribution in [0.4, 0.5) is 5.82 Å². The molecule has 0 amide bonds. The SMILES string of the molecule is COC(=O)c1cc([N+](=O)[O-])nn1Cc1cccc(Cl)c1. The van der Waals surface area contributed by atoms with Crippen molar-refractivity contribution in [3.05, 3.63) is 56.7 Å². The molecule has 7 nitrogen and oxygen atoms in total. The number of carbonyl (C=O) groups is 1. The van der Waals surface area contributed by atoms with Crippen molar-refractivity contribution in [3.8, 4) is 0 Å². The molecule has 0 unspecified atom stereocenters. The van der Waals surface area contributed by atoms with Gasteiger partial charge in [0, 0.05) is 5.02 Å². The number of halogens is 1. The van der Waals surface area contributed by atoms with Gasteiger partial charge in [0.25, 0.3) is 0 Å². The quantitative estimate of drug-likeness (QED) is 0.490. The summed E-state index contributed by atoms with van der Waals surface area (Å²) in [4.78, 5) is 21.7. The van der Waals surface area contributed by atoms with Gasteiger partial charge in [0.05, 0.1) is 24.8 Å². The van der Waals surface area contributed by atoms with Gasteiger partial charge < -0.3 is 14.9 Å². The van der Waals surface area contributed by atoms with Gasteiger partial charge in [0.15, 0.2) is 5.69 Å². The van der Waals surface area contributed by atoms with Crippen molar-refractivity contribution >= 4 is 23.4 Å². The summed E-state index contributed by atoms with van der Waals surface area (Å²) >= 11 is 5.87. The summed E-state index contributed by atoms with van der Waals surface area (Å²) in [6, 6.07) is 8.00. The Hall–Kier alpha value is -2.41. The maximum absolute atomic E-state index is 11.6. The van der Waals surface area contributed by atoms with Crippen LogP contribution < -0.4 is 0 Å². The molecule has 8 heteroatoms. The molecule has 0 spiro atoms. The van der Waals surface area contributed by atoms with Crippen LogP contribution in [-0.4, -0.2) is 27.8 Å². The predicted molar refractivity (Wildman–Crippen MR) is 70.8 cm³/mol. The van der Waals surface area contributed by atoms with Gasteiger partial charge in [-0.25, -0.2) is 4.79 Å². The fourth-order valence-electron chi connectivity index (χ4n) is 1.69. The molecule has 20 heavy (non-hydrogen) atoms. The molecule has 1 aromatic heterocycles. The number of aromatic nitrogens is 2. The zero-order valence-electron chi connectivity index (χ0n) is 10.4. The smallest absolute Gasteiger partial charge is 0.390 e. The van der Waals surface area contributed by atoms with Crippen LogP contribution in [-0.2, 0) is 11.3 Å². The monoisotopic (exact) mass is 295 g/mol. The molecule has 2 rings (SSSR count). The summed E-state index contributed by atoms with van der Waals surface area (Å²) in [7, 11) is 1.20. The highest BCUT2D eigenvalue weighted by Gasteiger charge is 2.23. The van der Waals surface area contributed by atoms with Gasteiger partial charge in [-0.1, -0.05) is 23.7 Å². The van der Waals surface area contributed by atoms with E-state index in [1.807, 2.05) is 0 Å². The standard InChI is InChI=1S/C12H10ClN3O4/c1-20-12(17)10-6-11(16(18)19)14-15(10)7-8-3-2-4-9(13)5-8/h2-6H,7H2,1H3. The largest absolute Gasteiger partial charge is 0.464 e. The fraction of sp³-hybridized carbons (Fsp3) is 0.167. The van der Waals surface area contributed by atoms with Crippen molar-refractivity contribution in [1.82, 2.24) is 9.78 Å². The van der Waals surface area contributed by atoms with Gasteiger partial charge in [-0.2, -0.15) is 4.68 Å². The van der Waals surface area contributed by atoms with Crippen LogP contribution in [0.1, 0.15) is 16.1 Å². The van der Waals surface area contributed by atoms with E-state index < -0.39 is 16.7 Å². The highest BCUT2D eigenvalue weighted by Crippen LogP contribution is 2.17. The minimum atomic E-state index is -0.687. The number of esters is 1. The minimum absolute atomic E-state index is 0.0131. The first-order chi connectivity index (χ1) is 9.51. The molecule has 0 saturated heterocycles. The Kier molecular flexibility index (Phi) is 3.99. The molecule has 104 valence electrons. The molecule has 2 aromatic rings. The lowest BCUT2D eigenvalue weighted by Gasteiger charge is -2.02. The lowest BCUT2D eigenvalue weighted by atomic mass is 10.2. The van der Waals surface area contributed by atoms with Crippen molar-refractivity contribution in [2.45, 2.75) is 6.54 Å². The molecule has 0 radical (unpaired) electrons. The van der Waals surface area contributed by atoms with E-state index in [1.165, 1.54) is 11.8 Å². The molecule has 0 saturated carbocycles. The number of nitro groups is 1. The average Bonchev–Trinajstić information content (AvgIpc) is 2.82. The second-order valence-corrected chi connectivity index (χ2v) is 4.36. The minimum Gasteiger partial charge on any atom is -0.464 e. The molecule has 0 bridgehead atoms. The van der Waals surface area contributed by atoms with Crippen molar-refractivity contribution in [2.24, 2.45) is 0 Å². The Morgan fingerprint density at radius 1 is 1.50 bits per heavy atom. The Labute approximate surface area is 118 Å². The highest BCUT2D eigenvalue weighted by molar-refractivity contribution is 6.30. The van der Waals surface area contributed by atoms with Crippen LogP contribution in [0.5, 0.6) is 0 Å². The van der Waals surface area contributed by atoms with Crippen molar-refractivity contribution < 1.29 is 14.5 Å². The zero-order valence-corrected chi connectivity index (χ0v) is 11.2. The lowest BCUT2D eigenvalue weighted by molar-refractivity contribution is -0.389. The molecule has 0 atom stereocenters. The van der Waals surface area contributed by atoms with E-state index in [4.69, 9.17) is 11.6 Å². The second kappa shape index (κ2) is 5.70. The van der Waals surface area contributed by atoms with Crippen LogP contribution >= 0.6 is 11.6 Å². The first-order valence-electron chi connectivity index (χ1n) is 5.56. The van der Waals surface area contributed by atoms with E-state index in [0.717, 1.165) is 11.6 Å². The van der Waals surface area contributed by atoms with Crippen molar-refractivity contribution in [3.63, 3.8) is 0 Å². The summed E-state index contributed by atoms with van der Waals surface area (Å²) in [6.45, 7) is 0.179. The van der Waals surface area contributed by atoms with Crippen LogP contribution in [0.2, 0.25) is 5.02 Å². The van der Waals surface area contributed by atoms with Crippen LogP contribution in [0.25, 0.3) is 0 Å². The van der Waals surface area contributed by atoms with E-state index in [9.17, 15) is 14.9 Å². The molecule has 0 aliphatic heterocycles. The van der Waals surface area contributed by atoms with Crippen molar-refractivity contribution in [2.75, 3.05) is 7.11 Å². The maximum Gasteiger partial charge on any atom is 0.390 e. The summed E-state index contributed by atoms with van der Waals surface area (Å²) in [5.74, 6) is -1.10. The molecule has 0 N–H and O–H groups in total. The van der Waals surface area contributed by atoms with Gasteiger partial charge in [0.1, 0.15) is 0 Å². The number of hydrogen-bond acceptors (Lipinski definition) is 5. The van der Waals surface area contributed by atoms with Gasteiger partial charge in [-0.15, -0.1) is 0 Å². The Balaban J connectivity index is 2.39. The third kappa shape index (κ3) is 2.94. The topological polar surface area (TPSA) is 87.3 Å². The van der Waals surface area contributed by atoms with E-state index >= 15 is 0 Å². The second-order valence-electron chi connectivity index (χ2n) is 3.92. The zero-order chi connectivity index (χ0) is 14.7. The Morgan fingerprint density at radius 2 is 2.25 bits per heavy atom. The summed E-state index contributed by atoms with van der Waals surface area (Å²) in [5, 5.41) is 15.0.